The lowest BCUT2D eigenvalue weighted by Crippen LogP contribution is -2.42. The van der Waals surface area contributed by atoms with Gasteiger partial charge in [-0.2, -0.15) is 5.10 Å². The number of carbonyl (C=O) groups is 1. The maximum atomic E-state index is 13.0. The van der Waals surface area contributed by atoms with Crippen LogP contribution in [0.25, 0.3) is 16.9 Å². The summed E-state index contributed by atoms with van der Waals surface area (Å²) in [6, 6.07) is 12.2. The van der Waals surface area contributed by atoms with Crippen molar-refractivity contribution in [3.05, 3.63) is 54.4 Å². The average Bonchev–Trinajstić information content (AvgIpc) is 3.06. The van der Waals surface area contributed by atoms with Crippen molar-refractivity contribution in [2.75, 3.05) is 6.54 Å². The zero-order chi connectivity index (χ0) is 16.5. The molecule has 5 heteroatoms. The van der Waals surface area contributed by atoms with Crippen molar-refractivity contribution < 1.29 is 4.79 Å². The molecule has 4 rings (SSSR count). The van der Waals surface area contributed by atoms with E-state index in [0.717, 1.165) is 30.6 Å². The molecular formula is C19H20N4O. The molecule has 1 amide bonds. The van der Waals surface area contributed by atoms with Crippen molar-refractivity contribution in [3.63, 3.8) is 0 Å². The number of aromatic nitrogens is 3. The molecular weight excluding hydrogens is 300 g/mol. The van der Waals surface area contributed by atoms with Gasteiger partial charge in [0.1, 0.15) is 5.56 Å². The topological polar surface area (TPSA) is 50.5 Å². The van der Waals surface area contributed by atoms with Gasteiger partial charge in [-0.1, -0.05) is 30.3 Å². The summed E-state index contributed by atoms with van der Waals surface area (Å²) in [7, 11) is 0. The van der Waals surface area contributed by atoms with Crippen LogP contribution in [0.3, 0.4) is 0 Å². The van der Waals surface area contributed by atoms with E-state index in [-0.39, 0.29) is 11.9 Å². The first-order valence-corrected chi connectivity index (χ1v) is 8.45. The maximum Gasteiger partial charge on any atom is 0.259 e. The van der Waals surface area contributed by atoms with E-state index in [1.54, 1.807) is 16.9 Å². The summed E-state index contributed by atoms with van der Waals surface area (Å²) in [4.78, 5) is 19.3. The lowest BCUT2D eigenvalue weighted by Gasteiger charge is -2.33. The first-order chi connectivity index (χ1) is 11.8. The molecule has 3 heterocycles. The number of benzene rings is 1. The van der Waals surface area contributed by atoms with E-state index in [0.29, 0.717) is 11.2 Å². The van der Waals surface area contributed by atoms with Gasteiger partial charge in [0.05, 0.1) is 11.9 Å². The van der Waals surface area contributed by atoms with Crippen molar-refractivity contribution in [1.82, 2.24) is 19.5 Å². The normalized spacial score (nSPS) is 18.0. The number of carbonyl (C=O) groups excluding carboxylic acids is 1. The molecule has 24 heavy (non-hydrogen) atoms. The van der Waals surface area contributed by atoms with E-state index in [4.69, 9.17) is 0 Å². The Hall–Kier alpha value is -2.69. The van der Waals surface area contributed by atoms with Gasteiger partial charge >= 0.3 is 0 Å². The summed E-state index contributed by atoms with van der Waals surface area (Å²) < 4.78 is 1.76. The number of fused-ring (bicyclic) bond motifs is 1. The van der Waals surface area contributed by atoms with E-state index >= 15 is 0 Å². The minimum Gasteiger partial charge on any atom is -0.336 e. The Labute approximate surface area is 140 Å². The molecule has 0 radical (unpaired) electrons. The quantitative estimate of drug-likeness (QED) is 0.727. The molecule has 122 valence electrons. The van der Waals surface area contributed by atoms with Crippen LogP contribution in [0.1, 0.15) is 36.5 Å². The maximum absolute atomic E-state index is 13.0. The predicted molar refractivity (Wildman–Crippen MR) is 92.8 cm³/mol. The molecule has 0 unspecified atom stereocenters. The Balaban J connectivity index is 1.77. The predicted octanol–water partition coefficient (Wildman–Crippen LogP) is 3.41. The van der Waals surface area contributed by atoms with Crippen LogP contribution < -0.4 is 0 Å². The van der Waals surface area contributed by atoms with Gasteiger partial charge in [-0.15, -0.1) is 0 Å². The van der Waals surface area contributed by atoms with Gasteiger partial charge in [-0.3, -0.25) is 4.79 Å². The van der Waals surface area contributed by atoms with Crippen molar-refractivity contribution in [1.29, 1.82) is 0 Å². The monoisotopic (exact) mass is 320 g/mol. The lowest BCUT2D eigenvalue weighted by atomic mass is 10.0. The third-order valence-electron chi connectivity index (χ3n) is 4.77. The number of likely N-dealkylation sites (tertiary alicyclic amines) is 1. The molecule has 1 atom stereocenters. The Morgan fingerprint density at radius 1 is 1.17 bits per heavy atom. The minimum atomic E-state index is 0.0370. The summed E-state index contributed by atoms with van der Waals surface area (Å²) in [6.07, 6.45) is 6.72. The first kappa shape index (κ1) is 14.9. The number of amides is 1. The Morgan fingerprint density at radius 3 is 2.79 bits per heavy atom. The fraction of sp³-hybridized carbons (Fsp3) is 0.316. The highest BCUT2D eigenvalue weighted by Gasteiger charge is 2.27. The van der Waals surface area contributed by atoms with Crippen molar-refractivity contribution >= 4 is 11.6 Å². The summed E-state index contributed by atoms with van der Waals surface area (Å²) in [5.74, 6) is 0.0370. The van der Waals surface area contributed by atoms with Crippen LogP contribution in [0.15, 0.2) is 48.8 Å². The second kappa shape index (κ2) is 6.07. The molecule has 2 aromatic heterocycles. The largest absolute Gasteiger partial charge is 0.336 e. The second-order valence-electron chi connectivity index (χ2n) is 6.33. The summed E-state index contributed by atoms with van der Waals surface area (Å²) in [5, 5.41) is 4.44. The molecule has 0 saturated carbocycles. The molecule has 1 saturated heterocycles. The van der Waals surface area contributed by atoms with Crippen molar-refractivity contribution in [2.24, 2.45) is 0 Å². The minimum absolute atomic E-state index is 0.0370. The van der Waals surface area contributed by atoms with E-state index < -0.39 is 0 Å². The molecule has 5 nitrogen and oxygen atoms in total. The Bertz CT molecular complexity index is 871. The van der Waals surface area contributed by atoms with E-state index in [1.165, 1.54) is 6.42 Å². The van der Waals surface area contributed by atoms with E-state index in [2.05, 4.69) is 17.0 Å². The second-order valence-corrected chi connectivity index (χ2v) is 6.33. The van der Waals surface area contributed by atoms with Gasteiger partial charge in [0.2, 0.25) is 0 Å². The van der Waals surface area contributed by atoms with Crippen LogP contribution in [-0.2, 0) is 0 Å². The third kappa shape index (κ3) is 2.46. The van der Waals surface area contributed by atoms with Crippen molar-refractivity contribution in [2.45, 2.75) is 32.2 Å². The zero-order valence-electron chi connectivity index (χ0n) is 13.7. The highest BCUT2D eigenvalue weighted by Crippen LogP contribution is 2.24. The molecule has 0 aliphatic carbocycles. The summed E-state index contributed by atoms with van der Waals surface area (Å²) >= 11 is 0. The lowest BCUT2D eigenvalue weighted by molar-refractivity contribution is 0.0637. The first-order valence-electron chi connectivity index (χ1n) is 8.45. The van der Waals surface area contributed by atoms with Gasteiger partial charge in [-0.05, 0) is 32.3 Å². The van der Waals surface area contributed by atoms with Crippen LogP contribution in [0, 0.1) is 0 Å². The van der Waals surface area contributed by atoms with Crippen LogP contribution in [0.4, 0.5) is 0 Å². The van der Waals surface area contributed by atoms with Crippen LogP contribution in [0.2, 0.25) is 0 Å². The smallest absolute Gasteiger partial charge is 0.259 e. The highest BCUT2D eigenvalue weighted by atomic mass is 16.2. The Kier molecular flexibility index (Phi) is 3.76. The fourth-order valence-corrected chi connectivity index (χ4v) is 3.42. The third-order valence-corrected chi connectivity index (χ3v) is 4.77. The van der Waals surface area contributed by atoms with E-state index in [1.807, 2.05) is 41.3 Å². The van der Waals surface area contributed by atoms with Gasteiger partial charge in [0, 0.05) is 24.3 Å². The van der Waals surface area contributed by atoms with Crippen LogP contribution >= 0.6 is 0 Å². The van der Waals surface area contributed by atoms with Gasteiger partial charge in [0.25, 0.3) is 5.91 Å². The van der Waals surface area contributed by atoms with Gasteiger partial charge in [0.15, 0.2) is 5.65 Å². The summed E-state index contributed by atoms with van der Waals surface area (Å²) in [5.41, 5.74) is 3.20. The fourth-order valence-electron chi connectivity index (χ4n) is 3.42. The van der Waals surface area contributed by atoms with Crippen LogP contribution in [-0.4, -0.2) is 38.0 Å². The average molecular weight is 320 g/mol. The van der Waals surface area contributed by atoms with Gasteiger partial charge < -0.3 is 4.90 Å². The molecule has 1 fully saturated rings. The number of hydrogen-bond donors (Lipinski definition) is 0. The molecule has 0 bridgehead atoms. The molecule has 1 aliphatic heterocycles. The molecule has 1 aromatic carbocycles. The zero-order valence-corrected chi connectivity index (χ0v) is 13.7. The highest BCUT2D eigenvalue weighted by molar-refractivity contribution is 6.00. The van der Waals surface area contributed by atoms with Crippen molar-refractivity contribution in [3.8, 4) is 11.3 Å². The molecule has 3 aromatic rings. The number of nitrogens with zero attached hydrogens (tertiary/aromatic N) is 4. The molecule has 0 N–H and O–H groups in total. The van der Waals surface area contributed by atoms with Crippen LogP contribution in [0.5, 0.6) is 0 Å². The summed E-state index contributed by atoms with van der Waals surface area (Å²) in [6.45, 7) is 2.93. The van der Waals surface area contributed by atoms with Gasteiger partial charge in [-0.25, -0.2) is 9.50 Å². The SMILES string of the molecule is C[C@@H]1CCCCN1C(=O)c1cnn2c(-c3ccccc3)ccnc12. The Morgan fingerprint density at radius 2 is 2.00 bits per heavy atom. The number of rotatable bonds is 2. The number of piperidine rings is 1. The molecule has 0 spiro atoms. The standard InChI is InChI=1S/C19H20N4O/c1-14-7-5-6-12-22(14)19(24)16-13-21-23-17(10-11-20-18(16)23)15-8-3-2-4-9-15/h2-4,8-11,13-14H,5-7,12H2,1H3/t14-/m1/s1. The number of hydrogen-bond acceptors (Lipinski definition) is 3. The molecule has 1 aliphatic rings. The van der Waals surface area contributed by atoms with E-state index in [9.17, 15) is 4.79 Å².